The van der Waals surface area contributed by atoms with Gasteiger partial charge in [0, 0.05) is 6.61 Å². The highest BCUT2D eigenvalue weighted by Crippen LogP contribution is 2.02. The van der Waals surface area contributed by atoms with E-state index in [0.717, 1.165) is 6.42 Å². The van der Waals surface area contributed by atoms with Gasteiger partial charge < -0.3 is 9.47 Å². The molecule has 5 heteroatoms. The Bertz CT molecular complexity index is 186. The summed E-state index contributed by atoms with van der Waals surface area (Å²) in [4.78, 5) is 11.3. The monoisotopic (exact) mass is 232 g/mol. The van der Waals surface area contributed by atoms with Crippen LogP contribution in [0.1, 0.15) is 33.6 Å². The zero-order chi connectivity index (χ0) is 12.4. The Balaban J connectivity index is 3.64. The zero-order valence-electron chi connectivity index (χ0n) is 10.5. The summed E-state index contributed by atoms with van der Waals surface area (Å²) < 4.78 is 10.7. The molecule has 0 fully saturated rings. The summed E-state index contributed by atoms with van der Waals surface area (Å²) in [5.74, 6) is 5.30. The molecule has 0 saturated heterocycles. The Morgan fingerprint density at radius 1 is 1.38 bits per heavy atom. The molecular formula is C11H24N2O3. The van der Waals surface area contributed by atoms with Crippen LogP contribution in [0.3, 0.4) is 0 Å². The van der Waals surface area contributed by atoms with Crippen molar-refractivity contribution >= 4 is 5.91 Å². The molecule has 1 amide bonds. The molecule has 1 unspecified atom stereocenters. The van der Waals surface area contributed by atoms with Gasteiger partial charge in [-0.1, -0.05) is 27.2 Å². The first-order valence-corrected chi connectivity index (χ1v) is 5.81. The number of ether oxygens (including phenoxy) is 2. The number of nitrogens with two attached hydrogens (primary N) is 1. The SMILES string of the molecule is CCCC(OCCOCC(C)C)C(=O)NN. The molecule has 5 nitrogen and oxygen atoms in total. The minimum Gasteiger partial charge on any atom is -0.379 e. The molecule has 0 aromatic carbocycles. The number of hydrogen-bond acceptors (Lipinski definition) is 4. The van der Waals surface area contributed by atoms with E-state index in [9.17, 15) is 4.79 Å². The first-order valence-electron chi connectivity index (χ1n) is 5.81. The molecule has 0 aliphatic rings. The van der Waals surface area contributed by atoms with Crippen LogP contribution in [-0.4, -0.2) is 31.8 Å². The molecule has 0 heterocycles. The van der Waals surface area contributed by atoms with Crippen LogP contribution in [0.2, 0.25) is 0 Å². The third-order valence-corrected chi connectivity index (χ3v) is 1.98. The Morgan fingerprint density at radius 2 is 2.06 bits per heavy atom. The van der Waals surface area contributed by atoms with Crippen LogP contribution in [0.5, 0.6) is 0 Å². The van der Waals surface area contributed by atoms with Gasteiger partial charge in [-0.05, 0) is 12.3 Å². The van der Waals surface area contributed by atoms with E-state index in [1.165, 1.54) is 0 Å². The molecule has 0 aliphatic carbocycles. The van der Waals surface area contributed by atoms with Crippen molar-refractivity contribution in [2.75, 3.05) is 19.8 Å². The summed E-state index contributed by atoms with van der Waals surface area (Å²) in [6.07, 6.45) is 1.09. The van der Waals surface area contributed by atoms with E-state index in [1.54, 1.807) is 0 Å². The molecule has 16 heavy (non-hydrogen) atoms. The molecule has 0 aromatic rings. The number of nitrogens with one attached hydrogen (secondary N) is 1. The Hall–Kier alpha value is -0.650. The van der Waals surface area contributed by atoms with Crippen molar-refractivity contribution in [1.29, 1.82) is 0 Å². The minimum atomic E-state index is -0.461. The molecule has 0 rings (SSSR count). The second-order valence-electron chi connectivity index (χ2n) is 4.13. The highest BCUT2D eigenvalue weighted by molar-refractivity contribution is 5.80. The molecule has 0 spiro atoms. The minimum absolute atomic E-state index is 0.272. The van der Waals surface area contributed by atoms with Crippen LogP contribution in [0.4, 0.5) is 0 Å². The summed E-state index contributed by atoms with van der Waals surface area (Å²) in [6, 6.07) is 0. The van der Waals surface area contributed by atoms with Crippen molar-refractivity contribution in [3.05, 3.63) is 0 Å². The average Bonchev–Trinajstić information content (AvgIpc) is 2.25. The van der Waals surface area contributed by atoms with Gasteiger partial charge in [0.2, 0.25) is 0 Å². The molecule has 0 aliphatic heterocycles. The van der Waals surface area contributed by atoms with Crippen LogP contribution in [0.15, 0.2) is 0 Å². The number of carbonyl (C=O) groups is 1. The fourth-order valence-electron chi connectivity index (χ4n) is 1.21. The summed E-state index contributed by atoms with van der Waals surface area (Å²) in [5.41, 5.74) is 2.10. The van der Waals surface area contributed by atoms with Gasteiger partial charge in [0.05, 0.1) is 13.2 Å². The lowest BCUT2D eigenvalue weighted by atomic mass is 10.2. The Kier molecular flexibility index (Phi) is 9.18. The van der Waals surface area contributed by atoms with Crippen molar-refractivity contribution < 1.29 is 14.3 Å². The molecule has 0 bridgehead atoms. The van der Waals surface area contributed by atoms with E-state index in [-0.39, 0.29) is 5.91 Å². The maximum Gasteiger partial charge on any atom is 0.262 e. The van der Waals surface area contributed by atoms with E-state index >= 15 is 0 Å². The largest absolute Gasteiger partial charge is 0.379 e. The highest BCUT2D eigenvalue weighted by Gasteiger charge is 2.16. The molecule has 1 atom stereocenters. The van der Waals surface area contributed by atoms with E-state index in [0.29, 0.717) is 32.2 Å². The topological polar surface area (TPSA) is 73.6 Å². The van der Waals surface area contributed by atoms with Gasteiger partial charge in [-0.15, -0.1) is 0 Å². The standard InChI is InChI=1S/C11H24N2O3/c1-4-5-10(11(14)13-12)16-7-6-15-8-9(2)3/h9-10H,4-8,12H2,1-3H3,(H,13,14). The molecule has 0 radical (unpaired) electrons. The predicted molar refractivity (Wildman–Crippen MR) is 62.6 cm³/mol. The predicted octanol–water partition coefficient (Wildman–Crippen LogP) is 0.834. The molecule has 0 saturated carbocycles. The normalized spacial score (nSPS) is 12.8. The third-order valence-electron chi connectivity index (χ3n) is 1.98. The Morgan fingerprint density at radius 3 is 2.56 bits per heavy atom. The number of hydrogen-bond donors (Lipinski definition) is 2. The second kappa shape index (κ2) is 9.57. The lowest BCUT2D eigenvalue weighted by molar-refractivity contribution is -0.134. The lowest BCUT2D eigenvalue weighted by Crippen LogP contribution is -2.40. The van der Waals surface area contributed by atoms with Gasteiger partial charge >= 0.3 is 0 Å². The first-order chi connectivity index (χ1) is 7.61. The van der Waals surface area contributed by atoms with Crippen LogP contribution in [-0.2, 0) is 14.3 Å². The maximum atomic E-state index is 11.3. The van der Waals surface area contributed by atoms with Crippen molar-refractivity contribution in [1.82, 2.24) is 5.43 Å². The van der Waals surface area contributed by atoms with E-state index in [1.807, 2.05) is 6.92 Å². The van der Waals surface area contributed by atoms with Gasteiger partial charge in [0.15, 0.2) is 0 Å². The van der Waals surface area contributed by atoms with Crippen molar-refractivity contribution in [2.24, 2.45) is 11.8 Å². The quantitative estimate of drug-likeness (QED) is 0.267. The number of carbonyl (C=O) groups excluding carboxylic acids is 1. The highest BCUT2D eigenvalue weighted by atomic mass is 16.5. The lowest BCUT2D eigenvalue weighted by Gasteiger charge is -2.15. The first kappa shape index (κ1) is 15.3. The van der Waals surface area contributed by atoms with E-state index in [4.69, 9.17) is 15.3 Å². The molecule has 96 valence electrons. The van der Waals surface area contributed by atoms with Gasteiger partial charge in [-0.25, -0.2) is 5.84 Å². The Labute approximate surface area is 97.6 Å². The van der Waals surface area contributed by atoms with Crippen molar-refractivity contribution in [3.8, 4) is 0 Å². The summed E-state index contributed by atoms with van der Waals surface area (Å²) in [7, 11) is 0. The number of rotatable bonds is 9. The number of amides is 1. The summed E-state index contributed by atoms with van der Waals surface area (Å²) in [5, 5.41) is 0. The fourth-order valence-corrected chi connectivity index (χ4v) is 1.21. The summed E-state index contributed by atoms with van der Waals surface area (Å²) in [6.45, 7) is 7.81. The van der Waals surface area contributed by atoms with Gasteiger partial charge in [-0.2, -0.15) is 0 Å². The van der Waals surface area contributed by atoms with Crippen LogP contribution >= 0.6 is 0 Å². The van der Waals surface area contributed by atoms with Gasteiger partial charge in [-0.3, -0.25) is 10.2 Å². The molecule has 0 aromatic heterocycles. The van der Waals surface area contributed by atoms with Crippen LogP contribution < -0.4 is 11.3 Å². The van der Waals surface area contributed by atoms with E-state index < -0.39 is 6.10 Å². The van der Waals surface area contributed by atoms with Crippen LogP contribution in [0.25, 0.3) is 0 Å². The van der Waals surface area contributed by atoms with Gasteiger partial charge in [0.1, 0.15) is 6.10 Å². The van der Waals surface area contributed by atoms with Crippen molar-refractivity contribution in [2.45, 2.75) is 39.7 Å². The maximum absolute atomic E-state index is 11.3. The summed E-state index contributed by atoms with van der Waals surface area (Å²) >= 11 is 0. The smallest absolute Gasteiger partial charge is 0.262 e. The van der Waals surface area contributed by atoms with E-state index in [2.05, 4.69) is 19.3 Å². The number of hydrazine groups is 1. The average molecular weight is 232 g/mol. The molecule has 3 N–H and O–H groups in total. The fraction of sp³-hybridized carbons (Fsp3) is 0.909. The van der Waals surface area contributed by atoms with Crippen LogP contribution in [0, 0.1) is 5.92 Å². The van der Waals surface area contributed by atoms with Crippen molar-refractivity contribution in [3.63, 3.8) is 0 Å². The molecular weight excluding hydrogens is 208 g/mol. The zero-order valence-corrected chi connectivity index (χ0v) is 10.5. The second-order valence-corrected chi connectivity index (χ2v) is 4.13. The third kappa shape index (κ3) is 7.62. The van der Waals surface area contributed by atoms with Gasteiger partial charge in [0.25, 0.3) is 5.91 Å².